The fourth-order valence-electron chi connectivity index (χ4n) is 1.41. The molecule has 0 heterocycles. The van der Waals surface area contributed by atoms with Crippen LogP contribution in [0.15, 0.2) is 18.2 Å². The highest BCUT2D eigenvalue weighted by Crippen LogP contribution is 2.23. The minimum absolute atomic E-state index is 0.291. The van der Waals surface area contributed by atoms with Gasteiger partial charge in [0.1, 0.15) is 6.29 Å². The van der Waals surface area contributed by atoms with Crippen molar-refractivity contribution in [2.45, 2.75) is 33.6 Å². The maximum Gasteiger partial charge on any atom is 0.150 e. The SMILES string of the molecule is CC(C)(C)CCc1ccc(Cl)cc1C=O. The number of aldehydes is 1. The van der Waals surface area contributed by atoms with E-state index in [0.717, 1.165) is 24.7 Å². The number of hydrogen-bond donors (Lipinski definition) is 0. The molecule has 0 aromatic heterocycles. The van der Waals surface area contributed by atoms with E-state index >= 15 is 0 Å². The van der Waals surface area contributed by atoms with Crippen LogP contribution in [0.25, 0.3) is 0 Å². The van der Waals surface area contributed by atoms with Gasteiger partial charge < -0.3 is 0 Å². The maximum atomic E-state index is 10.8. The van der Waals surface area contributed by atoms with Crippen molar-refractivity contribution in [3.63, 3.8) is 0 Å². The van der Waals surface area contributed by atoms with E-state index < -0.39 is 0 Å². The molecule has 2 heteroatoms. The van der Waals surface area contributed by atoms with E-state index in [2.05, 4.69) is 20.8 Å². The molecular weight excluding hydrogens is 208 g/mol. The summed E-state index contributed by atoms with van der Waals surface area (Å²) in [5.74, 6) is 0. The summed E-state index contributed by atoms with van der Waals surface area (Å²) in [6, 6.07) is 5.51. The van der Waals surface area contributed by atoms with Crippen molar-refractivity contribution in [1.82, 2.24) is 0 Å². The second kappa shape index (κ2) is 4.80. The molecule has 0 saturated heterocycles. The minimum Gasteiger partial charge on any atom is -0.298 e. The van der Waals surface area contributed by atoms with Crippen molar-refractivity contribution < 1.29 is 4.79 Å². The Kier molecular flexibility index (Phi) is 3.92. The summed E-state index contributed by atoms with van der Waals surface area (Å²) < 4.78 is 0. The van der Waals surface area contributed by atoms with Crippen molar-refractivity contribution in [3.8, 4) is 0 Å². The molecule has 0 fully saturated rings. The normalized spacial score (nSPS) is 11.5. The molecule has 0 amide bonds. The average molecular weight is 225 g/mol. The van der Waals surface area contributed by atoms with Crippen LogP contribution in [-0.2, 0) is 6.42 Å². The van der Waals surface area contributed by atoms with E-state index in [1.807, 2.05) is 12.1 Å². The summed E-state index contributed by atoms with van der Waals surface area (Å²) in [7, 11) is 0. The maximum absolute atomic E-state index is 10.8. The second-order valence-electron chi connectivity index (χ2n) is 5.02. The first-order valence-corrected chi connectivity index (χ1v) is 5.54. The van der Waals surface area contributed by atoms with Crippen LogP contribution < -0.4 is 0 Å². The first kappa shape index (κ1) is 12.3. The smallest absolute Gasteiger partial charge is 0.150 e. The molecule has 0 unspecified atom stereocenters. The van der Waals surface area contributed by atoms with Crippen LogP contribution in [-0.4, -0.2) is 6.29 Å². The molecule has 1 nitrogen and oxygen atoms in total. The highest BCUT2D eigenvalue weighted by molar-refractivity contribution is 6.30. The highest BCUT2D eigenvalue weighted by Gasteiger charge is 2.11. The van der Waals surface area contributed by atoms with E-state index in [0.29, 0.717) is 16.0 Å². The molecule has 0 atom stereocenters. The number of carbonyl (C=O) groups is 1. The lowest BCUT2D eigenvalue weighted by atomic mass is 9.88. The third-order valence-corrected chi connectivity index (χ3v) is 2.61. The van der Waals surface area contributed by atoms with E-state index in [-0.39, 0.29) is 0 Å². The van der Waals surface area contributed by atoms with Gasteiger partial charge in [0.25, 0.3) is 0 Å². The molecule has 1 rings (SSSR count). The van der Waals surface area contributed by atoms with Crippen molar-refractivity contribution in [2.75, 3.05) is 0 Å². The molecule has 0 radical (unpaired) electrons. The Balaban J connectivity index is 2.81. The van der Waals surface area contributed by atoms with Gasteiger partial charge in [0, 0.05) is 10.6 Å². The molecule has 0 bridgehead atoms. The quantitative estimate of drug-likeness (QED) is 0.706. The molecule has 0 saturated carbocycles. The van der Waals surface area contributed by atoms with Gasteiger partial charge >= 0.3 is 0 Å². The Labute approximate surface area is 96.5 Å². The van der Waals surface area contributed by atoms with Crippen molar-refractivity contribution in [1.29, 1.82) is 0 Å². The van der Waals surface area contributed by atoms with Crippen LogP contribution in [0.5, 0.6) is 0 Å². The van der Waals surface area contributed by atoms with Crippen LogP contribution in [0, 0.1) is 5.41 Å². The molecule has 0 spiro atoms. The van der Waals surface area contributed by atoms with Gasteiger partial charge in [0.2, 0.25) is 0 Å². The standard InChI is InChI=1S/C13H17ClO/c1-13(2,3)7-6-10-4-5-12(14)8-11(10)9-15/h4-5,8-9H,6-7H2,1-3H3. The fourth-order valence-corrected chi connectivity index (χ4v) is 1.59. The summed E-state index contributed by atoms with van der Waals surface area (Å²) >= 11 is 5.83. The molecule has 1 aromatic rings. The predicted molar refractivity (Wildman–Crippen MR) is 64.6 cm³/mol. The summed E-state index contributed by atoms with van der Waals surface area (Å²) in [6.07, 6.45) is 2.87. The summed E-state index contributed by atoms with van der Waals surface area (Å²) in [6.45, 7) is 6.59. The number of aryl methyl sites for hydroxylation is 1. The Bertz CT molecular complexity index is 350. The van der Waals surface area contributed by atoms with Gasteiger partial charge in [-0.1, -0.05) is 38.4 Å². The summed E-state index contributed by atoms with van der Waals surface area (Å²) in [4.78, 5) is 10.8. The number of benzene rings is 1. The minimum atomic E-state index is 0.291. The molecular formula is C13H17ClO. The zero-order chi connectivity index (χ0) is 11.5. The molecule has 1 aromatic carbocycles. The number of halogens is 1. The van der Waals surface area contributed by atoms with Crippen LogP contribution in [0.3, 0.4) is 0 Å². The summed E-state index contributed by atoms with van der Waals surface area (Å²) in [5.41, 5.74) is 2.09. The van der Waals surface area contributed by atoms with E-state index in [9.17, 15) is 4.79 Å². The monoisotopic (exact) mass is 224 g/mol. The van der Waals surface area contributed by atoms with Crippen LogP contribution >= 0.6 is 11.6 Å². The molecule has 82 valence electrons. The van der Waals surface area contributed by atoms with Gasteiger partial charge in [-0.2, -0.15) is 0 Å². The number of hydrogen-bond acceptors (Lipinski definition) is 1. The van der Waals surface area contributed by atoms with Gasteiger partial charge in [-0.25, -0.2) is 0 Å². The Morgan fingerprint density at radius 2 is 2.00 bits per heavy atom. The lowest BCUT2D eigenvalue weighted by Gasteiger charge is -2.18. The van der Waals surface area contributed by atoms with Crippen molar-refractivity contribution in [2.24, 2.45) is 5.41 Å². The Morgan fingerprint density at radius 3 is 2.53 bits per heavy atom. The molecule has 0 aliphatic rings. The fraction of sp³-hybridized carbons (Fsp3) is 0.462. The van der Waals surface area contributed by atoms with E-state index in [1.165, 1.54) is 0 Å². The van der Waals surface area contributed by atoms with E-state index in [4.69, 9.17) is 11.6 Å². The first-order chi connectivity index (χ1) is 6.92. The topological polar surface area (TPSA) is 17.1 Å². The van der Waals surface area contributed by atoms with Gasteiger partial charge in [-0.05, 0) is 36.0 Å². The molecule has 0 aliphatic heterocycles. The van der Waals surface area contributed by atoms with Gasteiger partial charge in [-0.15, -0.1) is 0 Å². The Hall–Kier alpha value is -0.820. The van der Waals surface area contributed by atoms with E-state index in [1.54, 1.807) is 6.07 Å². The lowest BCUT2D eigenvalue weighted by Crippen LogP contribution is -2.07. The van der Waals surface area contributed by atoms with Gasteiger partial charge in [0.05, 0.1) is 0 Å². The number of rotatable bonds is 3. The molecule has 15 heavy (non-hydrogen) atoms. The predicted octanol–water partition coefficient (Wildman–Crippen LogP) is 4.13. The third-order valence-electron chi connectivity index (χ3n) is 2.38. The third kappa shape index (κ3) is 4.05. The summed E-state index contributed by atoms with van der Waals surface area (Å²) in [5, 5.41) is 0.622. The van der Waals surface area contributed by atoms with Crippen molar-refractivity contribution in [3.05, 3.63) is 34.3 Å². The largest absolute Gasteiger partial charge is 0.298 e. The lowest BCUT2D eigenvalue weighted by molar-refractivity contribution is 0.112. The van der Waals surface area contributed by atoms with Crippen molar-refractivity contribution >= 4 is 17.9 Å². The van der Waals surface area contributed by atoms with Crippen LogP contribution in [0.4, 0.5) is 0 Å². The van der Waals surface area contributed by atoms with Crippen LogP contribution in [0.2, 0.25) is 5.02 Å². The second-order valence-corrected chi connectivity index (χ2v) is 5.46. The zero-order valence-electron chi connectivity index (χ0n) is 9.51. The number of carbonyl (C=O) groups excluding carboxylic acids is 1. The highest BCUT2D eigenvalue weighted by atomic mass is 35.5. The van der Waals surface area contributed by atoms with Gasteiger partial charge in [-0.3, -0.25) is 4.79 Å². The van der Waals surface area contributed by atoms with Gasteiger partial charge in [0.15, 0.2) is 0 Å². The average Bonchev–Trinajstić information content (AvgIpc) is 2.14. The Morgan fingerprint density at radius 1 is 1.33 bits per heavy atom. The molecule has 0 N–H and O–H groups in total. The first-order valence-electron chi connectivity index (χ1n) is 5.16. The zero-order valence-corrected chi connectivity index (χ0v) is 10.3. The molecule has 0 aliphatic carbocycles. The van der Waals surface area contributed by atoms with Crippen LogP contribution in [0.1, 0.15) is 43.1 Å².